The van der Waals surface area contributed by atoms with Crippen LogP contribution in [0.5, 0.6) is 0 Å². The van der Waals surface area contributed by atoms with Gasteiger partial charge in [-0.15, -0.1) is 0 Å². The van der Waals surface area contributed by atoms with Crippen molar-refractivity contribution in [3.63, 3.8) is 0 Å². The molecule has 0 unspecified atom stereocenters. The van der Waals surface area contributed by atoms with Crippen LogP contribution in [0.3, 0.4) is 0 Å². The fourth-order valence-electron chi connectivity index (χ4n) is 3.29. The van der Waals surface area contributed by atoms with Gasteiger partial charge < -0.3 is 28.8 Å². The number of aliphatic hydroxyl groups is 1. The van der Waals surface area contributed by atoms with Crippen molar-refractivity contribution < 1.29 is 38.4 Å². The topological polar surface area (TPSA) is 101 Å². The number of hydrogen-bond donors (Lipinski definition) is 1. The molecule has 0 aromatic carbocycles. The molecule has 0 spiro atoms. The van der Waals surface area contributed by atoms with E-state index in [1.165, 1.54) is 0 Å². The zero-order valence-corrected chi connectivity index (χ0v) is 13.0. The minimum absolute atomic E-state index is 0.0319. The van der Waals surface area contributed by atoms with Crippen LogP contribution in [0.1, 0.15) is 20.3 Å². The van der Waals surface area contributed by atoms with Gasteiger partial charge in [0.05, 0.1) is 32.0 Å². The first-order chi connectivity index (χ1) is 11.0. The van der Waals surface area contributed by atoms with Crippen LogP contribution in [-0.2, 0) is 33.3 Å². The number of fused-ring (bicyclic) bond motifs is 6. The van der Waals surface area contributed by atoms with Crippen LogP contribution in [0.25, 0.3) is 0 Å². The highest BCUT2D eigenvalue weighted by molar-refractivity contribution is 5.85. The summed E-state index contributed by atoms with van der Waals surface area (Å²) in [5.41, 5.74) is 0. The largest absolute Gasteiger partial charge is 0.465 e. The molecule has 0 aromatic rings. The molecule has 0 aliphatic carbocycles. The fraction of sp³-hybridized carbons (Fsp3) is 0.733. The first-order valence-corrected chi connectivity index (χ1v) is 7.72. The number of ether oxygens (including phenoxy) is 5. The molecule has 3 aliphatic heterocycles. The van der Waals surface area contributed by atoms with Gasteiger partial charge in [-0.25, -0.2) is 4.79 Å². The van der Waals surface area contributed by atoms with Gasteiger partial charge in [0, 0.05) is 12.3 Å². The Hall–Kier alpha value is -1.64. The van der Waals surface area contributed by atoms with Gasteiger partial charge in [0.25, 0.3) is 5.79 Å². The summed E-state index contributed by atoms with van der Waals surface area (Å²) in [6, 6.07) is 0. The smallest absolute Gasteiger partial charge is 0.334 e. The normalized spacial score (nSPS) is 39.7. The van der Waals surface area contributed by atoms with E-state index < -0.39 is 35.9 Å². The van der Waals surface area contributed by atoms with E-state index in [0.29, 0.717) is 0 Å². The van der Waals surface area contributed by atoms with Crippen LogP contribution in [-0.4, -0.2) is 55.0 Å². The average Bonchev–Trinajstić information content (AvgIpc) is 2.93. The zero-order valence-electron chi connectivity index (χ0n) is 13.0. The van der Waals surface area contributed by atoms with Crippen LogP contribution in [0.4, 0.5) is 0 Å². The van der Waals surface area contributed by atoms with Crippen molar-refractivity contribution >= 4 is 11.9 Å². The predicted octanol–water partition coefficient (Wildman–Crippen LogP) is 0.0929. The van der Waals surface area contributed by atoms with Gasteiger partial charge in [-0.05, 0) is 13.8 Å². The molecule has 128 valence electrons. The van der Waals surface area contributed by atoms with Gasteiger partial charge >= 0.3 is 11.9 Å². The monoisotopic (exact) mass is 328 g/mol. The van der Waals surface area contributed by atoms with Gasteiger partial charge in [0.1, 0.15) is 11.7 Å². The highest BCUT2D eigenvalue weighted by atomic mass is 16.8. The van der Waals surface area contributed by atoms with Crippen molar-refractivity contribution in [2.24, 2.45) is 11.8 Å². The number of rotatable bonds is 4. The van der Waals surface area contributed by atoms with E-state index >= 15 is 0 Å². The van der Waals surface area contributed by atoms with Crippen molar-refractivity contribution in [3.05, 3.63) is 11.8 Å². The Morgan fingerprint density at radius 3 is 2.78 bits per heavy atom. The molecule has 3 heterocycles. The van der Waals surface area contributed by atoms with Gasteiger partial charge in [0.15, 0.2) is 0 Å². The van der Waals surface area contributed by atoms with Crippen LogP contribution >= 0.6 is 0 Å². The zero-order chi connectivity index (χ0) is 16.6. The van der Waals surface area contributed by atoms with Gasteiger partial charge in [0.2, 0.25) is 6.29 Å². The van der Waals surface area contributed by atoms with E-state index in [0.717, 1.165) is 6.08 Å². The molecule has 0 saturated carbocycles. The molecule has 23 heavy (non-hydrogen) atoms. The second kappa shape index (κ2) is 6.10. The molecule has 8 heteroatoms. The fourth-order valence-corrected chi connectivity index (χ4v) is 3.29. The molecule has 0 amide bonds. The van der Waals surface area contributed by atoms with Crippen LogP contribution in [0.2, 0.25) is 0 Å². The molecule has 8 nitrogen and oxygen atoms in total. The van der Waals surface area contributed by atoms with Crippen LogP contribution in [0.15, 0.2) is 11.8 Å². The summed E-state index contributed by atoms with van der Waals surface area (Å²) < 4.78 is 26.5. The van der Waals surface area contributed by atoms with Crippen LogP contribution in [0, 0.1) is 11.8 Å². The molecular weight excluding hydrogens is 308 g/mol. The van der Waals surface area contributed by atoms with E-state index in [1.54, 1.807) is 13.8 Å². The summed E-state index contributed by atoms with van der Waals surface area (Å²) in [5.74, 6) is -4.10. The molecule has 3 saturated heterocycles. The Labute approximate surface area is 133 Å². The number of esters is 2. The van der Waals surface area contributed by atoms with Crippen molar-refractivity contribution in [2.45, 2.75) is 38.4 Å². The molecule has 1 N–H and O–H groups in total. The Bertz CT molecular complexity index is 530. The van der Waals surface area contributed by atoms with Crippen molar-refractivity contribution in [1.29, 1.82) is 0 Å². The first-order valence-electron chi connectivity index (χ1n) is 7.72. The summed E-state index contributed by atoms with van der Waals surface area (Å²) in [5, 5.41) is 10.6. The van der Waals surface area contributed by atoms with Crippen molar-refractivity contribution in [3.8, 4) is 0 Å². The van der Waals surface area contributed by atoms with E-state index in [2.05, 4.69) is 0 Å². The second-order valence-corrected chi connectivity index (χ2v) is 5.68. The Morgan fingerprint density at radius 2 is 2.09 bits per heavy atom. The summed E-state index contributed by atoms with van der Waals surface area (Å²) in [6.07, 6.45) is -0.0273. The maximum atomic E-state index is 12.4. The maximum Gasteiger partial charge on any atom is 0.334 e. The lowest BCUT2D eigenvalue weighted by atomic mass is 9.77. The Balaban J connectivity index is 1.94. The summed E-state index contributed by atoms with van der Waals surface area (Å²) in [7, 11) is 0. The molecule has 0 aromatic heterocycles. The lowest BCUT2D eigenvalue weighted by Gasteiger charge is -2.47. The summed E-state index contributed by atoms with van der Waals surface area (Å²) in [6.45, 7) is 4.01. The summed E-state index contributed by atoms with van der Waals surface area (Å²) >= 11 is 0. The molecule has 3 rings (SSSR count). The SMILES string of the molecule is CCOC(=O)/C=C1\O[C@@]2(O)C[C@H]([C@@H]1C(=O)OCC)[C@H]1CO[C@@H]2O1. The Morgan fingerprint density at radius 1 is 1.35 bits per heavy atom. The minimum Gasteiger partial charge on any atom is -0.465 e. The van der Waals surface area contributed by atoms with Crippen molar-refractivity contribution in [2.75, 3.05) is 19.8 Å². The number of hydrogen-bond acceptors (Lipinski definition) is 8. The standard InChI is InChI=1S/C15H20O8/c1-3-19-11(16)5-9-12(13(17)20-4-2)8-6-15(18,23-9)14-21-7-10(8)22-14/h5,8,10,12,14,18H,3-4,6-7H2,1-2H3/b9-5-/t8-,10+,12-,14+,15-/m0/s1. The number of carbonyl (C=O) groups excluding carboxylic acids is 2. The third-order valence-corrected chi connectivity index (χ3v) is 4.20. The highest BCUT2D eigenvalue weighted by Crippen LogP contribution is 2.50. The molecular formula is C15H20O8. The third kappa shape index (κ3) is 2.82. The van der Waals surface area contributed by atoms with E-state index in [4.69, 9.17) is 23.7 Å². The lowest BCUT2D eigenvalue weighted by Crippen LogP contribution is -2.58. The highest BCUT2D eigenvalue weighted by Gasteiger charge is 2.62. The van der Waals surface area contributed by atoms with Crippen LogP contribution < -0.4 is 0 Å². The Kier molecular flexibility index (Phi) is 4.31. The average molecular weight is 328 g/mol. The molecule has 0 radical (unpaired) electrons. The van der Waals surface area contributed by atoms with Crippen molar-refractivity contribution in [1.82, 2.24) is 0 Å². The van der Waals surface area contributed by atoms with E-state index in [1.807, 2.05) is 0 Å². The molecule has 3 fully saturated rings. The molecule has 5 atom stereocenters. The second-order valence-electron chi connectivity index (χ2n) is 5.68. The maximum absolute atomic E-state index is 12.4. The predicted molar refractivity (Wildman–Crippen MR) is 73.6 cm³/mol. The van der Waals surface area contributed by atoms with E-state index in [9.17, 15) is 14.7 Å². The minimum atomic E-state index is -1.72. The summed E-state index contributed by atoms with van der Waals surface area (Å²) in [4.78, 5) is 24.1. The number of carbonyl (C=O) groups is 2. The first kappa shape index (κ1) is 16.2. The lowest BCUT2D eigenvalue weighted by molar-refractivity contribution is -0.344. The van der Waals surface area contributed by atoms with Gasteiger partial charge in [-0.1, -0.05) is 0 Å². The molecule has 4 bridgehead atoms. The third-order valence-electron chi connectivity index (χ3n) is 4.20. The van der Waals surface area contributed by atoms with Gasteiger partial charge in [-0.2, -0.15) is 0 Å². The molecule has 3 aliphatic rings. The van der Waals surface area contributed by atoms with E-state index in [-0.39, 0.29) is 38.1 Å². The quantitative estimate of drug-likeness (QED) is 0.572. The van der Waals surface area contributed by atoms with Gasteiger partial charge in [-0.3, -0.25) is 4.79 Å².